The highest BCUT2D eigenvalue weighted by Gasteiger charge is 2.14. The van der Waals surface area contributed by atoms with E-state index < -0.39 is 5.79 Å². The summed E-state index contributed by atoms with van der Waals surface area (Å²) in [6.45, 7) is 5.71. The van der Waals surface area contributed by atoms with Gasteiger partial charge in [-0.1, -0.05) is 18.2 Å². The molecule has 3 aromatic rings. The number of rotatable bonds is 11. The Balaban J connectivity index is 1.57. The van der Waals surface area contributed by atoms with Gasteiger partial charge in [-0.25, -0.2) is 9.97 Å². The van der Waals surface area contributed by atoms with Crippen molar-refractivity contribution in [1.82, 2.24) is 15.0 Å². The second-order valence-corrected chi connectivity index (χ2v) is 8.02. The first-order valence-corrected chi connectivity index (χ1v) is 10.9. The molecule has 1 amide bonds. The minimum Gasteiger partial charge on any atom is -0.493 e. The van der Waals surface area contributed by atoms with E-state index in [4.69, 9.17) is 14.9 Å². The van der Waals surface area contributed by atoms with Crippen LogP contribution < -0.4 is 10.1 Å². The van der Waals surface area contributed by atoms with Gasteiger partial charge in [-0.05, 0) is 57.2 Å². The van der Waals surface area contributed by atoms with Crippen LogP contribution in [0, 0.1) is 12.3 Å². The van der Waals surface area contributed by atoms with Gasteiger partial charge in [-0.3, -0.25) is 4.79 Å². The summed E-state index contributed by atoms with van der Waals surface area (Å²) < 4.78 is 11.0. The Bertz CT molecular complexity index is 1150. The fraction of sp³-hybridized carbons (Fsp3) is 0.280. The first kappa shape index (κ1) is 24.8. The molecule has 0 saturated heterocycles. The Kier molecular flexibility index (Phi) is 8.29. The van der Waals surface area contributed by atoms with Gasteiger partial charge in [-0.2, -0.15) is 0 Å². The van der Waals surface area contributed by atoms with E-state index in [-0.39, 0.29) is 11.6 Å². The maximum absolute atomic E-state index is 12.5. The van der Waals surface area contributed by atoms with E-state index in [1.165, 1.54) is 0 Å². The SMILES string of the molecule is Cc1nc(/C=C\C(=N)c2cccc(OCCCOC(C)(C)O)c2)[nH]c1C(=O)Nc1ccccn1. The third kappa shape index (κ3) is 7.65. The second kappa shape index (κ2) is 11.4. The fourth-order valence-electron chi connectivity index (χ4n) is 2.98. The predicted octanol–water partition coefficient (Wildman–Crippen LogP) is 3.96. The maximum Gasteiger partial charge on any atom is 0.275 e. The molecule has 0 radical (unpaired) electrons. The Labute approximate surface area is 198 Å². The Morgan fingerprint density at radius 2 is 2.06 bits per heavy atom. The molecule has 9 nitrogen and oxygen atoms in total. The Morgan fingerprint density at radius 3 is 2.79 bits per heavy atom. The minimum absolute atomic E-state index is 0.268. The Hall–Kier alpha value is -3.82. The summed E-state index contributed by atoms with van der Waals surface area (Å²) >= 11 is 0. The summed E-state index contributed by atoms with van der Waals surface area (Å²) in [5, 5.41) is 20.6. The molecule has 0 saturated carbocycles. The minimum atomic E-state index is -1.16. The van der Waals surface area contributed by atoms with E-state index in [0.29, 0.717) is 54.0 Å². The molecule has 0 aliphatic carbocycles. The summed E-state index contributed by atoms with van der Waals surface area (Å²) in [5.74, 6) is 0.0645. The predicted molar refractivity (Wildman–Crippen MR) is 130 cm³/mol. The molecule has 1 aromatic carbocycles. The highest BCUT2D eigenvalue weighted by Crippen LogP contribution is 2.16. The molecule has 0 atom stereocenters. The van der Waals surface area contributed by atoms with Crippen LogP contribution in [0.5, 0.6) is 5.75 Å². The number of benzene rings is 1. The zero-order valence-electron chi connectivity index (χ0n) is 19.5. The van der Waals surface area contributed by atoms with E-state index in [1.807, 2.05) is 18.2 Å². The van der Waals surface area contributed by atoms with Crippen molar-refractivity contribution in [3.05, 3.63) is 77.5 Å². The first-order valence-electron chi connectivity index (χ1n) is 10.9. The zero-order chi connectivity index (χ0) is 24.6. The van der Waals surface area contributed by atoms with Crippen LogP contribution in [0.15, 0.2) is 54.7 Å². The lowest BCUT2D eigenvalue weighted by Crippen LogP contribution is -2.24. The summed E-state index contributed by atoms with van der Waals surface area (Å²) in [4.78, 5) is 23.9. The van der Waals surface area contributed by atoms with E-state index in [2.05, 4.69) is 20.3 Å². The molecule has 0 spiro atoms. The number of nitrogens with zero attached hydrogens (tertiary/aromatic N) is 2. The van der Waals surface area contributed by atoms with Crippen LogP contribution in [0.1, 0.15) is 47.8 Å². The summed E-state index contributed by atoms with van der Waals surface area (Å²) in [6, 6.07) is 12.5. The maximum atomic E-state index is 12.5. The average molecular weight is 464 g/mol. The number of H-pyrrole nitrogens is 1. The number of aromatic nitrogens is 3. The van der Waals surface area contributed by atoms with Crippen LogP contribution in [-0.4, -0.2) is 50.7 Å². The molecule has 178 valence electrons. The van der Waals surface area contributed by atoms with Crippen molar-refractivity contribution in [3.63, 3.8) is 0 Å². The summed E-state index contributed by atoms with van der Waals surface area (Å²) in [5.41, 5.74) is 1.83. The molecule has 0 fully saturated rings. The summed E-state index contributed by atoms with van der Waals surface area (Å²) in [6.07, 6.45) is 5.48. The van der Waals surface area contributed by atoms with E-state index >= 15 is 0 Å². The number of pyridine rings is 1. The molecule has 0 bridgehead atoms. The molecule has 0 unspecified atom stereocenters. The van der Waals surface area contributed by atoms with Crippen LogP contribution in [0.3, 0.4) is 0 Å². The van der Waals surface area contributed by atoms with Gasteiger partial charge >= 0.3 is 0 Å². The number of nitrogens with one attached hydrogen (secondary N) is 3. The van der Waals surface area contributed by atoms with E-state index in [9.17, 15) is 9.90 Å². The first-order chi connectivity index (χ1) is 16.2. The smallest absolute Gasteiger partial charge is 0.275 e. The van der Waals surface area contributed by atoms with Gasteiger partial charge in [0.05, 0.1) is 24.6 Å². The summed E-state index contributed by atoms with van der Waals surface area (Å²) in [7, 11) is 0. The standard InChI is InChI=1S/C25H29N5O4/c1-17-23(24(31)30-21-10-4-5-13-27-21)29-22(28-17)12-11-20(26)18-8-6-9-19(16-18)33-14-7-15-34-25(2,3)32/h4-6,8-13,16,26,32H,7,14-15H2,1-3H3,(H,28,29)(H,27,30,31)/b12-11-,26-20?. The zero-order valence-corrected chi connectivity index (χ0v) is 19.5. The third-order valence-electron chi connectivity index (χ3n) is 4.60. The second-order valence-electron chi connectivity index (χ2n) is 8.02. The number of hydrogen-bond donors (Lipinski definition) is 4. The van der Waals surface area contributed by atoms with Gasteiger partial charge in [0.2, 0.25) is 0 Å². The number of imidazole rings is 1. The average Bonchev–Trinajstić information content (AvgIpc) is 3.18. The Morgan fingerprint density at radius 1 is 1.24 bits per heavy atom. The number of hydrogen-bond acceptors (Lipinski definition) is 7. The number of ether oxygens (including phenoxy) is 2. The van der Waals surface area contributed by atoms with Crippen molar-refractivity contribution in [2.75, 3.05) is 18.5 Å². The lowest BCUT2D eigenvalue weighted by Gasteiger charge is -2.18. The molecule has 0 aliphatic heterocycles. The molecule has 4 N–H and O–H groups in total. The van der Waals surface area contributed by atoms with Crippen molar-refractivity contribution in [3.8, 4) is 5.75 Å². The topological polar surface area (TPSA) is 133 Å². The molecule has 34 heavy (non-hydrogen) atoms. The fourth-order valence-corrected chi connectivity index (χ4v) is 2.98. The van der Waals surface area contributed by atoms with Crippen LogP contribution in [0.2, 0.25) is 0 Å². The number of anilines is 1. The van der Waals surface area contributed by atoms with Crippen LogP contribution in [0.25, 0.3) is 6.08 Å². The van der Waals surface area contributed by atoms with Gasteiger partial charge in [0, 0.05) is 18.2 Å². The highest BCUT2D eigenvalue weighted by molar-refractivity contribution is 6.09. The molecule has 3 rings (SSSR count). The van der Waals surface area contributed by atoms with Crippen molar-refractivity contribution in [2.24, 2.45) is 0 Å². The number of allylic oxidation sites excluding steroid dienone is 1. The lowest BCUT2D eigenvalue weighted by atomic mass is 10.1. The monoisotopic (exact) mass is 463 g/mol. The van der Waals surface area contributed by atoms with Gasteiger partial charge < -0.3 is 30.3 Å². The van der Waals surface area contributed by atoms with E-state index in [1.54, 1.807) is 63.4 Å². The molecule has 9 heteroatoms. The van der Waals surface area contributed by atoms with Gasteiger partial charge in [0.25, 0.3) is 5.91 Å². The number of aliphatic hydroxyl groups is 1. The number of amides is 1. The molecule has 0 aliphatic rings. The lowest BCUT2D eigenvalue weighted by molar-refractivity contribution is -0.176. The molecular formula is C25H29N5O4. The van der Waals surface area contributed by atoms with E-state index in [0.717, 1.165) is 0 Å². The number of aryl methyl sites for hydroxylation is 1. The van der Waals surface area contributed by atoms with Crippen LogP contribution in [-0.2, 0) is 4.74 Å². The number of carbonyl (C=O) groups excluding carboxylic acids is 1. The number of carbonyl (C=O) groups is 1. The molecule has 2 aromatic heterocycles. The van der Waals surface area contributed by atoms with Crippen molar-refractivity contribution >= 4 is 23.5 Å². The van der Waals surface area contributed by atoms with Crippen molar-refractivity contribution < 1.29 is 19.4 Å². The van der Waals surface area contributed by atoms with Crippen LogP contribution in [0.4, 0.5) is 5.82 Å². The van der Waals surface area contributed by atoms with Crippen molar-refractivity contribution in [2.45, 2.75) is 33.0 Å². The van der Waals surface area contributed by atoms with Gasteiger partial charge in [0.15, 0.2) is 5.79 Å². The van der Waals surface area contributed by atoms with Crippen molar-refractivity contribution in [1.29, 1.82) is 5.41 Å². The highest BCUT2D eigenvalue weighted by atomic mass is 16.6. The van der Waals surface area contributed by atoms with Gasteiger partial charge in [-0.15, -0.1) is 0 Å². The number of aromatic amines is 1. The van der Waals surface area contributed by atoms with Gasteiger partial charge in [0.1, 0.15) is 23.1 Å². The van der Waals surface area contributed by atoms with Crippen LogP contribution >= 0.6 is 0 Å². The quantitative estimate of drug-likeness (QED) is 0.193. The normalized spacial score (nSPS) is 11.5. The third-order valence-corrected chi connectivity index (χ3v) is 4.60. The molecular weight excluding hydrogens is 434 g/mol. The molecule has 2 heterocycles. The largest absolute Gasteiger partial charge is 0.493 e.